The van der Waals surface area contributed by atoms with Crippen LogP contribution in [0.5, 0.6) is 0 Å². The molecule has 2 nitrogen and oxygen atoms in total. The zero-order valence-electron chi connectivity index (χ0n) is 7.73. The second kappa shape index (κ2) is 3.11. The van der Waals surface area contributed by atoms with Crippen LogP contribution in [0.2, 0.25) is 0 Å². The lowest BCUT2D eigenvalue weighted by atomic mass is 9.72. The van der Waals surface area contributed by atoms with Crippen molar-refractivity contribution in [2.75, 3.05) is 0 Å². The second-order valence-corrected chi connectivity index (χ2v) is 3.95. The summed E-state index contributed by atoms with van der Waals surface area (Å²) in [5.41, 5.74) is 0.828. The molecule has 1 N–H and O–H groups in total. The monoisotopic (exact) mass is 178 g/mol. The Labute approximate surface area is 78.0 Å². The fourth-order valence-electron chi connectivity index (χ4n) is 2.31. The third-order valence-corrected chi connectivity index (χ3v) is 3.06. The van der Waals surface area contributed by atoms with Crippen LogP contribution in [0.1, 0.15) is 19.8 Å². The van der Waals surface area contributed by atoms with E-state index in [-0.39, 0.29) is 11.7 Å². The molecule has 2 aliphatic carbocycles. The van der Waals surface area contributed by atoms with Crippen molar-refractivity contribution < 1.29 is 9.90 Å². The van der Waals surface area contributed by atoms with Crippen molar-refractivity contribution in [3.8, 4) is 0 Å². The molecule has 2 rings (SSSR count). The van der Waals surface area contributed by atoms with Crippen molar-refractivity contribution in [1.29, 1.82) is 0 Å². The number of ketones is 1. The molecule has 3 atom stereocenters. The molecule has 13 heavy (non-hydrogen) atoms. The van der Waals surface area contributed by atoms with Crippen molar-refractivity contribution in [2.24, 2.45) is 11.8 Å². The molecule has 0 aliphatic heterocycles. The zero-order chi connectivity index (χ0) is 9.42. The van der Waals surface area contributed by atoms with Gasteiger partial charge in [-0.25, -0.2) is 0 Å². The molecule has 2 aliphatic rings. The van der Waals surface area contributed by atoms with Gasteiger partial charge in [0.1, 0.15) is 0 Å². The standard InChI is InChI=1S/C11H14O2/c1-7-3-2-4-8-9(12)5-6-10(13)11(7)8/h4-7,10-11,13H,2-3H2,1H3. The molecule has 0 aromatic rings. The van der Waals surface area contributed by atoms with E-state index >= 15 is 0 Å². The molecule has 2 heteroatoms. The van der Waals surface area contributed by atoms with Gasteiger partial charge in [0, 0.05) is 11.5 Å². The molecule has 0 amide bonds. The highest BCUT2D eigenvalue weighted by Crippen LogP contribution is 2.36. The molecule has 0 spiro atoms. The number of fused-ring (bicyclic) bond motifs is 1. The zero-order valence-corrected chi connectivity index (χ0v) is 7.73. The van der Waals surface area contributed by atoms with Gasteiger partial charge < -0.3 is 5.11 Å². The summed E-state index contributed by atoms with van der Waals surface area (Å²) in [4.78, 5) is 11.5. The van der Waals surface area contributed by atoms with E-state index in [1.165, 1.54) is 6.08 Å². The molecule has 0 radical (unpaired) electrons. The Bertz CT molecular complexity index is 288. The van der Waals surface area contributed by atoms with Gasteiger partial charge in [-0.3, -0.25) is 4.79 Å². The van der Waals surface area contributed by atoms with E-state index in [0.29, 0.717) is 5.92 Å². The Morgan fingerprint density at radius 3 is 3.00 bits per heavy atom. The van der Waals surface area contributed by atoms with E-state index in [1.54, 1.807) is 6.08 Å². The Hall–Kier alpha value is -0.890. The van der Waals surface area contributed by atoms with E-state index in [1.807, 2.05) is 6.08 Å². The molecular weight excluding hydrogens is 164 g/mol. The number of hydrogen-bond acceptors (Lipinski definition) is 2. The van der Waals surface area contributed by atoms with Gasteiger partial charge in [-0.05, 0) is 24.8 Å². The Kier molecular flexibility index (Phi) is 2.08. The van der Waals surface area contributed by atoms with E-state index in [4.69, 9.17) is 0 Å². The third-order valence-electron chi connectivity index (χ3n) is 3.06. The van der Waals surface area contributed by atoms with Gasteiger partial charge in [-0.2, -0.15) is 0 Å². The maximum Gasteiger partial charge on any atom is 0.181 e. The maximum atomic E-state index is 11.5. The second-order valence-electron chi connectivity index (χ2n) is 3.95. The highest BCUT2D eigenvalue weighted by molar-refractivity contribution is 6.05. The summed E-state index contributed by atoms with van der Waals surface area (Å²) in [5.74, 6) is 0.553. The lowest BCUT2D eigenvalue weighted by Gasteiger charge is -2.33. The van der Waals surface area contributed by atoms with Crippen LogP contribution in [-0.4, -0.2) is 17.0 Å². The number of rotatable bonds is 0. The predicted octanol–water partition coefficient (Wildman–Crippen LogP) is 1.46. The normalized spacial score (nSPS) is 38.5. The van der Waals surface area contributed by atoms with E-state index in [9.17, 15) is 9.90 Å². The van der Waals surface area contributed by atoms with Crippen molar-refractivity contribution in [1.82, 2.24) is 0 Å². The maximum absolute atomic E-state index is 11.5. The first-order chi connectivity index (χ1) is 6.20. The van der Waals surface area contributed by atoms with Crippen LogP contribution >= 0.6 is 0 Å². The Morgan fingerprint density at radius 2 is 2.31 bits per heavy atom. The van der Waals surface area contributed by atoms with E-state index in [2.05, 4.69) is 6.92 Å². The van der Waals surface area contributed by atoms with Crippen molar-refractivity contribution in [3.63, 3.8) is 0 Å². The fourth-order valence-corrected chi connectivity index (χ4v) is 2.31. The first-order valence-electron chi connectivity index (χ1n) is 4.81. The molecule has 0 aromatic heterocycles. The predicted molar refractivity (Wildman–Crippen MR) is 50.1 cm³/mol. The third kappa shape index (κ3) is 1.35. The van der Waals surface area contributed by atoms with Crippen molar-refractivity contribution in [2.45, 2.75) is 25.9 Å². The molecular formula is C11H14O2. The topological polar surface area (TPSA) is 37.3 Å². The summed E-state index contributed by atoms with van der Waals surface area (Å²) < 4.78 is 0. The summed E-state index contributed by atoms with van der Waals surface area (Å²) in [6.07, 6.45) is 6.68. The van der Waals surface area contributed by atoms with Crippen LogP contribution in [0.4, 0.5) is 0 Å². The first kappa shape index (κ1) is 8.70. The lowest BCUT2D eigenvalue weighted by molar-refractivity contribution is -0.113. The number of hydrogen-bond donors (Lipinski definition) is 1. The fraction of sp³-hybridized carbons (Fsp3) is 0.545. The number of aliphatic hydroxyl groups is 1. The summed E-state index contributed by atoms with van der Waals surface area (Å²) >= 11 is 0. The van der Waals surface area contributed by atoms with Crippen molar-refractivity contribution >= 4 is 5.78 Å². The quantitative estimate of drug-likeness (QED) is 0.609. The highest BCUT2D eigenvalue weighted by atomic mass is 16.3. The highest BCUT2D eigenvalue weighted by Gasteiger charge is 2.34. The van der Waals surface area contributed by atoms with Crippen LogP contribution in [0.15, 0.2) is 23.8 Å². The minimum absolute atomic E-state index is 0.0475. The van der Waals surface area contributed by atoms with Crippen LogP contribution in [0, 0.1) is 11.8 Å². The van der Waals surface area contributed by atoms with Crippen LogP contribution in [-0.2, 0) is 4.79 Å². The minimum Gasteiger partial charge on any atom is -0.388 e. The van der Waals surface area contributed by atoms with Crippen LogP contribution in [0.3, 0.4) is 0 Å². The van der Waals surface area contributed by atoms with E-state index in [0.717, 1.165) is 18.4 Å². The smallest absolute Gasteiger partial charge is 0.181 e. The number of carbonyl (C=O) groups excluding carboxylic acids is 1. The molecule has 0 bridgehead atoms. The molecule has 3 unspecified atom stereocenters. The SMILES string of the molecule is CC1CCC=C2C(=O)C=CC(O)C21. The Morgan fingerprint density at radius 1 is 1.54 bits per heavy atom. The van der Waals surface area contributed by atoms with Gasteiger partial charge >= 0.3 is 0 Å². The largest absolute Gasteiger partial charge is 0.388 e. The number of carbonyl (C=O) groups is 1. The van der Waals surface area contributed by atoms with E-state index < -0.39 is 6.10 Å². The molecule has 0 aromatic carbocycles. The lowest BCUT2D eigenvalue weighted by Crippen LogP contribution is -2.34. The molecule has 0 saturated carbocycles. The van der Waals surface area contributed by atoms with Gasteiger partial charge in [0.15, 0.2) is 5.78 Å². The van der Waals surface area contributed by atoms with Crippen LogP contribution < -0.4 is 0 Å². The van der Waals surface area contributed by atoms with Gasteiger partial charge in [0.25, 0.3) is 0 Å². The van der Waals surface area contributed by atoms with Gasteiger partial charge in [0.2, 0.25) is 0 Å². The molecule has 0 fully saturated rings. The van der Waals surface area contributed by atoms with Crippen molar-refractivity contribution in [3.05, 3.63) is 23.8 Å². The van der Waals surface area contributed by atoms with Gasteiger partial charge in [-0.15, -0.1) is 0 Å². The average Bonchev–Trinajstić information content (AvgIpc) is 2.12. The average molecular weight is 178 g/mol. The first-order valence-corrected chi connectivity index (χ1v) is 4.81. The Balaban J connectivity index is 2.38. The summed E-state index contributed by atoms with van der Waals surface area (Å²) in [6, 6.07) is 0. The molecule has 0 heterocycles. The molecule has 70 valence electrons. The number of allylic oxidation sites excluding steroid dienone is 2. The summed E-state index contributed by atoms with van der Waals surface area (Å²) in [5, 5.41) is 9.71. The summed E-state index contributed by atoms with van der Waals surface area (Å²) in [6.45, 7) is 2.10. The van der Waals surface area contributed by atoms with Crippen LogP contribution in [0.25, 0.3) is 0 Å². The minimum atomic E-state index is -0.459. The van der Waals surface area contributed by atoms with Gasteiger partial charge in [-0.1, -0.05) is 19.1 Å². The molecule has 0 saturated heterocycles. The number of aliphatic hydroxyl groups excluding tert-OH is 1. The summed E-state index contributed by atoms with van der Waals surface area (Å²) in [7, 11) is 0. The van der Waals surface area contributed by atoms with Gasteiger partial charge in [0.05, 0.1) is 6.10 Å².